The lowest BCUT2D eigenvalue weighted by molar-refractivity contribution is -0.141. The first-order valence-corrected chi connectivity index (χ1v) is 3.49. The first kappa shape index (κ1) is 9.91. The lowest BCUT2D eigenvalue weighted by Crippen LogP contribution is -2.11. The predicted molar refractivity (Wildman–Crippen MR) is 37.7 cm³/mol. The third-order valence-corrected chi connectivity index (χ3v) is 1.34. The van der Waals surface area contributed by atoms with Gasteiger partial charge >= 0.3 is 6.18 Å². The molecule has 0 fully saturated rings. The lowest BCUT2D eigenvalue weighted by atomic mass is 10.3. The minimum atomic E-state index is -4.49. The van der Waals surface area contributed by atoms with Gasteiger partial charge in [-0.3, -0.25) is 0 Å². The SMILES string of the molecule is CC(O)c1nccc(C(F)(F)F)n1. The summed E-state index contributed by atoms with van der Waals surface area (Å²) in [6.07, 6.45) is -4.62. The summed E-state index contributed by atoms with van der Waals surface area (Å²) in [7, 11) is 0. The zero-order valence-corrected chi connectivity index (χ0v) is 6.71. The van der Waals surface area contributed by atoms with Crippen molar-refractivity contribution in [3.63, 3.8) is 0 Å². The van der Waals surface area contributed by atoms with Crippen molar-refractivity contribution in [2.75, 3.05) is 0 Å². The quantitative estimate of drug-likeness (QED) is 0.734. The van der Waals surface area contributed by atoms with Gasteiger partial charge in [-0.1, -0.05) is 0 Å². The van der Waals surface area contributed by atoms with Crippen LogP contribution in [0.15, 0.2) is 12.3 Å². The number of aliphatic hydroxyl groups is 1. The van der Waals surface area contributed by atoms with Gasteiger partial charge in [-0.15, -0.1) is 0 Å². The molecular weight excluding hydrogens is 185 g/mol. The first-order valence-electron chi connectivity index (χ1n) is 3.49. The molecule has 0 aromatic carbocycles. The molecule has 0 saturated heterocycles. The molecule has 1 unspecified atom stereocenters. The maximum Gasteiger partial charge on any atom is 0.433 e. The molecule has 1 aromatic rings. The van der Waals surface area contributed by atoms with Gasteiger partial charge in [0, 0.05) is 6.20 Å². The highest BCUT2D eigenvalue weighted by Gasteiger charge is 2.32. The highest BCUT2D eigenvalue weighted by molar-refractivity contribution is 5.06. The number of aromatic nitrogens is 2. The van der Waals surface area contributed by atoms with Crippen LogP contribution >= 0.6 is 0 Å². The van der Waals surface area contributed by atoms with E-state index in [4.69, 9.17) is 5.11 Å². The predicted octanol–water partition coefficient (Wildman–Crippen LogP) is 1.55. The van der Waals surface area contributed by atoms with Crippen LogP contribution in [-0.4, -0.2) is 15.1 Å². The Kier molecular flexibility index (Phi) is 2.51. The highest BCUT2D eigenvalue weighted by Crippen LogP contribution is 2.27. The summed E-state index contributed by atoms with van der Waals surface area (Å²) in [5.41, 5.74) is -1.04. The Morgan fingerprint density at radius 1 is 1.46 bits per heavy atom. The second kappa shape index (κ2) is 3.29. The second-order valence-corrected chi connectivity index (χ2v) is 2.47. The van der Waals surface area contributed by atoms with E-state index in [2.05, 4.69) is 9.97 Å². The summed E-state index contributed by atoms with van der Waals surface area (Å²) >= 11 is 0. The molecule has 72 valence electrons. The number of halogens is 3. The number of aliphatic hydroxyl groups excluding tert-OH is 1. The topological polar surface area (TPSA) is 46.0 Å². The summed E-state index contributed by atoms with van der Waals surface area (Å²) in [5, 5.41) is 8.92. The third kappa shape index (κ3) is 2.38. The molecule has 0 aliphatic rings. The van der Waals surface area contributed by atoms with E-state index in [1.165, 1.54) is 6.92 Å². The second-order valence-electron chi connectivity index (χ2n) is 2.47. The fourth-order valence-corrected chi connectivity index (χ4v) is 0.733. The minimum absolute atomic E-state index is 0.227. The number of nitrogens with zero attached hydrogens (tertiary/aromatic N) is 2. The molecule has 1 N–H and O–H groups in total. The van der Waals surface area contributed by atoms with Crippen molar-refractivity contribution in [2.45, 2.75) is 19.2 Å². The first-order chi connectivity index (χ1) is 5.91. The van der Waals surface area contributed by atoms with Gasteiger partial charge in [0.15, 0.2) is 5.82 Å². The Morgan fingerprint density at radius 3 is 2.54 bits per heavy atom. The van der Waals surface area contributed by atoms with Crippen molar-refractivity contribution >= 4 is 0 Å². The van der Waals surface area contributed by atoms with Crippen LogP contribution in [0, 0.1) is 0 Å². The van der Waals surface area contributed by atoms with Crippen molar-refractivity contribution in [3.8, 4) is 0 Å². The van der Waals surface area contributed by atoms with E-state index < -0.39 is 18.0 Å². The van der Waals surface area contributed by atoms with E-state index in [1.54, 1.807) is 0 Å². The van der Waals surface area contributed by atoms with E-state index in [0.29, 0.717) is 0 Å². The fraction of sp³-hybridized carbons (Fsp3) is 0.429. The van der Waals surface area contributed by atoms with E-state index in [1.807, 2.05) is 0 Å². The normalized spacial score (nSPS) is 14.2. The van der Waals surface area contributed by atoms with Crippen LogP contribution in [0.5, 0.6) is 0 Å². The summed E-state index contributed by atoms with van der Waals surface area (Å²) in [6, 6.07) is 0.756. The maximum atomic E-state index is 12.1. The van der Waals surface area contributed by atoms with Crippen molar-refractivity contribution in [1.29, 1.82) is 0 Å². The van der Waals surface area contributed by atoms with E-state index in [0.717, 1.165) is 12.3 Å². The van der Waals surface area contributed by atoms with Crippen molar-refractivity contribution in [3.05, 3.63) is 23.8 Å². The standard InChI is InChI=1S/C7H7F3N2O/c1-4(13)6-11-3-2-5(12-6)7(8,9)10/h2-4,13H,1H3. The summed E-state index contributed by atoms with van der Waals surface area (Å²) in [4.78, 5) is 6.65. The lowest BCUT2D eigenvalue weighted by Gasteiger charge is -2.07. The van der Waals surface area contributed by atoms with Crippen LogP contribution in [0.25, 0.3) is 0 Å². The Bertz CT molecular complexity index is 298. The largest absolute Gasteiger partial charge is 0.433 e. The molecule has 0 aliphatic carbocycles. The highest BCUT2D eigenvalue weighted by atomic mass is 19.4. The van der Waals surface area contributed by atoms with Gasteiger partial charge in [0.2, 0.25) is 0 Å². The zero-order valence-electron chi connectivity index (χ0n) is 6.71. The van der Waals surface area contributed by atoms with Gasteiger partial charge in [0.1, 0.15) is 11.8 Å². The number of hydrogen-bond donors (Lipinski definition) is 1. The molecule has 1 heterocycles. The zero-order chi connectivity index (χ0) is 10.1. The van der Waals surface area contributed by atoms with Crippen LogP contribution < -0.4 is 0 Å². The minimum Gasteiger partial charge on any atom is -0.385 e. The van der Waals surface area contributed by atoms with Gasteiger partial charge in [-0.05, 0) is 13.0 Å². The summed E-state index contributed by atoms with van der Waals surface area (Å²) < 4.78 is 36.2. The molecular formula is C7H7F3N2O. The number of hydrogen-bond acceptors (Lipinski definition) is 3. The summed E-state index contributed by atoms with van der Waals surface area (Å²) in [6.45, 7) is 1.30. The molecule has 1 aromatic heterocycles. The average Bonchev–Trinajstić information content (AvgIpc) is 2.03. The molecule has 13 heavy (non-hydrogen) atoms. The molecule has 0 radical (unpaired) electrons. The van der Waals surface area contributed by atoms with Gasteiger partial charge in [-0.2, -0.15) is 13.2 Å². The van der Waals surface area contributed by atoms with Crippen molar-refractivity contribution < 1.29 is 18.3 Å². The van der Waals surface area contributed by atoms with Crippen LogP contribution in [0.2, 0.25) is 0 Å². The number of rotatable bonds is 1. The smallest absolute Gasteiger partial charge is 0.385 e. The maximum absolute atomic E-state index is 12.1. The molecule has 0 bridgehead atoms. The van der Waals surface area contributed by atoms with Crippen LogP contribution in [0.3, 0.4) is 0 Å². The van der Waals surface area contributed by atoms with Gasteiger partial charge in [0.25, 0.3) is 0 Å². The Morgan fingerprint density at radius 2 is 2.08 bits per heavy atom. The molecule has 0 aliphatic heterocycles. The van der Waals surface area contributed by atoms with E-state index in [-0.39, 0.29) is 5.82 Å². The third-order valence-electron chi connectivity index (χ3n) is 1.34. The van der Waals surface area contributed by atoms with Gasteiger partial charge < -0.3 is 5.11 Å². The van der Waals surface area contributed by atoms with E-state index in [9.17, 15) is 13.2 Å². The van der Waals surface area contributed by atoms with Crippen molar-refractivity contribution in [2.24, 2.45) is 0 Å². The fourth-order valence-electron chi connectivity index (χ4n) is 0.733. The van der Waals surface area contributed by atoms with Crippen LogP contribution in [0.4, 0.5) is 13.2 Å². The molecule has 1 rings (SSSR count). The number of alkyl halides is 3. The summed E-state index contributed by atoms with van der Waals surface area (Å²) in [5.74, 6) is -0.227. The Labute approximate surface area is 72.3 Å². The molecule has 6 heteroatoms. The molecule has 0 spiro atoms. The van der Waals surface area contributed by atoms with E-state index >= 15 is 0 Å². The molecule has 0 amide bonds. The monoisotopic (exact) mass is 192 g/mol. The average molecular weight is 192 g/mol. The Balaban J connectivity index is 3.06. The molecule has 1 atom stereocenters. The molecule has 0 saturated carbocycles. The van der Waals surface area contributed by atoms with Crippen molar-refractivity contribution in [1.82, 2.24) is 9.97 Å². The van der Waals surface area contributed by atoms with Gasteiger partial charge in [-0.25, -0.2) is 9.97 Å². The molecule has 3 nitrogen and oxygen atoms in total. The Hall–Kier alpha value is -1.17. The van der Waals surface area contributed by atoms with Crippen LogP contribution in [0.1, 0.15) is 24.5 Å². The van der Waals surface area contributed by atoms with Gasteiger partial charge in [0.05, 0.1) is 0 Å². The van der Waals surface area contributed by atoms with Crippen LogP contribution in [-0.2, 0) is 6.18 Å².